The summed E-state index contributed by atoms with van der Waals surface area (Å²) in [5.41, 5.74) is 1.10. The number of aromatic carboxylic acids is 1. The monoisotopic (exact) mass is 267 g/mol. The highest BCUT2D eigenvalue weighted by atomic mass is 32.1. The van der Waals surface area contributed by atoms with Crippen molar-refractivity contribution in [2.75, 3.05) is 11.4 Å². The smallest absolute Gasteiger partial charge is 0.345 e. The maximum atomic E-state index is 11.0. The van der Waals surface area contributed by atoms with Gasteiger partial charge >= 0.3 is 5.97 Å². The van der Waals surface area contributed by atoms with Gasteiger partial charge in [-0.15, -0.1) is 11.3 Å². The predicted molar refractivity (Wildman–Crippen MR) is 75.7 cm³/mol. The molecule has 0 aliphatic heterocycles. The van der Waals surface area contributed by atoms with E-state index in [2.05, 4.69) is 18.7 Å². The van der Waals surface area contributed by atoms with E-state index in [4.69, 9.17) is 5.11 Å². The van der Waals surface area contributed by atoms with Crippen molar-refractivity contribution in [1.82, 2.24) is 0 Å². The molecule has 0 spiro atoms. The Kier molecular flexibility index (Phi) is 4.27. The summed E-state index contributed by atoms with van der Waals surface area (Å²) in [6, 6.07) is 2.43. The predicted octanol–water partition coefficient (Wildman–Crippen LogP) is 3.85. The Hall–Kier alpha value is -1.03. The number of carboxylic acid groups (broad SMARTS) is 1. The second-order valence-corrected chi connectivity index (χ2v) is 6.37. The molecule has 4 heteroatoms. The van der Waals surface area contributed by atoms with Gasteiger partial charge in [0.25, 0.3) is 0 Å². The van der Waals surface area contributed by atoms with Crippen LogP contribution in [0.2, 0.25) is 0 Å². The molecule has 1 saturated carbocycles. The van der Waals surface area contributed by atoms with Gasteiger partial charge in [0.15, 0.2) is 0 Å². The average molecular weight is 267 g/mol. The van der Waals surface area contributed by atoms with Crippen molar-refractivity contribution in [1.29, 1.82) is 0 Å². The van der Waals surface area contributed by atoms with Crippen molar-refractivity contribution in [2.45, 2.75) is 45.6 Å². The fourth-order valence-corrected chi connectivity index (χ4v) is 3.40. The normalized spacial score (nSPS) is 16.4. The summed E-state index contributed by atoms with van der Waals surface area (Å²) in [7, 11) is 0. The second-order valence-electron chi connectivity index (χ2n) is 5.46. The van der Waals surface area contributed by atoms with Crippen LogP contribution < -0.4 is 4.90 Å². The minimum Gasteiger partial charge on any atom is -0.477 e. The van der Waals surface area contributed by atoms with Crippen LogP contribution in [0.4, 0.5) is 5.69 Å². The summed E-state index contributed by atoms with van der Waals surface area (Å²) >= 11 is 1.33. The first-order chi connectivity index (χ1) is 8.58. The van der Waals surface area contributed by atoms with Gasteiger partial charge in [-0.25, -0.2) is 4.79 Å². The summed E-state index contributed by atoms with van der Waals surface area (Å²) in [6.07, 6.45) is 5.08. The Bertz CT molecular complexity index is 408. The zero-order valence-electron chi connectivity index (χ0n) is 11.1. The van der Waals surface area contributed by atoms with Crippen molar-refractivity contribution in [3.63, 3.8) is 0 Å². The van der Waals surface area contributed by atoms with Gasteiger partial charge in [0.05, 0.1) is 0 Å². The highest BCUT2D eigenvalue weighted by molar-refractivity contribution is 7.12. The molecule has 0 amide bonds. The lowest BCUT2D eigenvalue weighted by Gasteiger charge is -2.31. The summed E-state index contributed by atoms with van der Waals surface area (Å²) in [6.45, 7) is 5.44. The highest BCUT2D eigenvalue weighted by Crippen LogP contribution is 2.32. The molecule has 0 aromatic carbocycles. The quantitative estimate of drug-likeness (QED) is 0.881. The van der Waals surface area contributed by atoms with Crippen LogP contribution in [-0.4, -0.2) is 23.7 Å². The van der Waals surface area contributed by atoms with Crippen molar-refractivity contribution in [2.24, 2.45) is 5.92 Å². The molecule has 1 N–H and O–H groups in total. The maximum absolute atomic E-state index is 11.0. The number of rotatable bonds is 5. The van der Waals surface area contributed by atoms with E-state index in [0.717, 1.165) is 12.2 Å². The summed E-state index contributed by atoms with van der Waals surface area (Å²) < 4.78 is 0. The van der Waals surface area contributed by atoms with Crippen molar-refractivity contribution >= 4 is 23.0 Å². The zero-order chi connectivity index (χ0) is 13.1. The lowest BCUT2D eigenvalue weighted by Crippen LogP contribution is -2.36. The van der Waals surface area contributed by atoms with E-state index in [0.29, 0.717) is 16.8 Å². The summed E-state index contributed by atoms with van der Waals surface area (Å²) in [5.74, 6) is -0.221. The van der Waals surface area contributed by atoms with Gasteiger partial charge in [-0.1, -0.05) is 26.7 Å². The molecule has 0 radical (unpaired) electrons. The largest absolute Gasteiger partial charge is 0.477 e. The first-order valence-corrected chi connectivity index (χ1v) is 7.54. The number of hydrogen-bond acceptors (Lipinski definition) is 3. The number of thiophene rings is 1. The van der Waals surface area contributed by atoms with Gasteiger partial charge in [-0.3, -0.25) is 0 Å². The Morgan fingerprint density at radius 3 is 2.67 bits per heavy atom. The van der Waals surface area contributed by atoms with E-state index in [9.17, 15) is 4.79 Å². The molecule has 100 valence electrons. The standard InChI is InChI=1S/C14H21NO2S/c1-10(2)8-15(11-5-3-4-6-11)12-7-13(14(16)17)18-9-12/h7,9-11H,3-6,8H2,1-2H3,(H,16,17). The van der Waals surface area contributed by atoms with E-state index in [1.807, 2.05) is 11.4 Å². The van der Waals surface area contributed by atoms with Crippen LogP contribution in [0.3, 0.4) is 0 Å². The molecular formula is C14H21NO2S. The molecule has 1 aliphatic carbocycles. The summed E-state index contributed by atoms with van der Waals surface area (Å²) in [5, 5.41) is 11.0. The van der Waals surface area contributed by atoms with Crippen LogP contribution in [0.1, 0.15) is 49.2 Å². The molecule has 0 bridgehead atoms. The van der Waals surface area contributed by atoms with Crippen LogP contribution in [0.5, 0.6) is 0 Å². The average Bonchev–Trinajstić information content (AvgIpc) is 2.97. The number of carboxylic acids is 1. The van der Waals surface area contributed by atoms with Crippen LogP contribution in [-0.2, 0) is 0 Å². The molecule has 0 atom stereocenters. The number of nitrogens with zero attached hydrogens (tertiary/aromatic N) is 1. The van der Waals surface area contributed by atoms with Crippen LogP contribution in [0, 0.1) is 5.92 Å². The van der Waals surface area contributed by atoms with Crippen molar-refractivity contribution in [3.8, 4) is 0 Å². The number of anilines is 1. The second kappa shape index (κ2) is 5.74. The van der Waals surface area contributed by atoms with Crippen molar-refractivity contribution in [3.05, 3.63) is 16.3 Å². The molecule has 18 heavy (non-hydrogen) atoms. The highest BCUT2D eigenvalue weighted by Gasteiger charge is 2.24. The molecule has 3 nitrogen and oxygen atoms in total. The fourth-order valence-electron chi connectivity index (χ4n) is 2.66. The molecule has 0 saturated heterocycles. The third-order valence-corrected chi connectivity index (χ3v) is 4.36. The topological polar surface area (TPSA) is 40.5 Å². The third kappa shape index (κ3) is 3.05. The third-order valence-electron chi connectivity index (χ3n) is 3.46. The minimum atomic E-state index is -0.817. The summed E-state index contributed by atoms with van der Waals surface area (Å²) in [4.78, 5) is 13.8. The fraction of sp³-hybridized carbons (Fsp3) is 0.643. The minimum absolute atomic E-state index is 0.441. The van der Waals surface area contributed by atoms with Crippen LogP contribution in [0.25, 0.3) is 0 Å². The molecule has 2 rings (SSSR count). The van der Waals surface area contributed by atoms with Crippen LogP contribution >= 0.6 is 11.3 Å². The number of hydrogen-bond donors (Lipinski definition) is 1. The van der Waals surface area contributed by atoms with Gasteiger partial charge in [0.1, 0.15) is 4.88 Å². The van der Waals surface area contributed by atoms with E-state index in [1.165, 1.54) is 37.0 Å². The Labute approximate surface area is 112 Å². The van der Waals surface area contributed by atoms with Gasteiger partial charge in [-0.2, -0.15) is 0 Å². The van der Waals surface area contributed by atoms with Gasteiger partial charge in [0.2, 0.25) is 0 Å². The molecule has 0 unspecified atom stereocenters. The Balaban J connectivity index is 2.18. The maximum Gasteiger partial charge on any atom is 0.345 e. The van der Waals surface area contributed by atoms with Crippen molar-refractivity contribution < 1.29 is 9.90 Å². The van der Waals surface area contributed by atoms with E-state index in [-0.39, 0.29) is 0 Å². The van der Waals surface area contributed by atoms with Gasteiger partial charge < -0.3 is 10.0 Å². The SMILES string of the molecule is CC(C)CN(c1csc(C(=O)O)c1)C1CCCC1. The first-order valence-electron chi connectivity index (χ1n) is 6.66. The van der Waals surface area contributed by atoms with E-state index < -0.39 is 5.97 Å². The van der Waals surface area contributed by atoms with E-state index in [1.54, 1.807) is 0 Å². The lowest BCUT2D eigenvalue weighted by atomic mass is 10.1. The Morgan fingerprint density at radius 2 is 2.17 bits per heavy atom. The molecule has 1 heterocycles. The van der Waals surface area contributed by atoms with Gasteiger partial charge in [0, 0.05) is 23.7 Å². The van der Waals surface area contributed by atoms with E-state index >= 15 is 0 Å². The lowest BCUT2D eigenvalue weighted by molar-refractivity contribution is 0.0702. The molecule has 1 aliphatic rings. The number of carbonyl (C=O) groups is 1. The first kappa shape index (κ1) is 13.4. The van der Waals surface area contributed by atoms with Gasteiger partial charge in [-0.05, 0) is 24.8 Å². The molecular weight excluding hydrogens is 246 g/mol. The zero-order valence-corrected chi connectivity index (χ0v) is 11.9. The molecule has 1 aromatic rings. The molecule has 1 aromatic heterocycles. The Morgan fingerprint density at radius 1 is 1.50 bits per heavy atom. The molecule has 1 fully saturated rings. The van der Waals surface area contributed by atoms with Crippen LogP contribution in [0.15, 0.2) is 11.4 Å².